The van der Waals surface area contributed by atoms with E-state index in [0.29, 0.717) is 6.54 Å². The van der Waals surface area contributed by atoms with Crippen molar-refractivity contribution in [2.75, 3.05) is 7.05 Å². The molecule has 0 aliphatic carbocycles. The average Bonchev–Trinajstić information content (AvgIpc) is 3.29. The van der Waals surface area contributed by atoms with Gasteiger partial charge in [-0.05, 0) is 23.1 Å². The van der Waals surface area contributed by atoms with Crippen LogP contribution in [-0.2, 0) is 13.1 Å². The molecule has 8 heteroatoms. The molecule has 24 heavy (non-hydrogen) atoms. The van der Waals surface area contributed by atoms with Gasteiger partial charge in [0.25, 0.3) is 0 Å². The fraction of sp³-hybridized carbons (Fsp3) is 0.188. The number of hydrogen-bond acceptors (Lipinski definition) is 4. The van der Waals surface area contributed by atoms with Crippen LogP contribution in [0.25, 0.3) is 11.4 Å². The topological polar surface area (TPSA) is 78.0 Å². The third kappa shape index (κ3) is 5.03. The minimum Gasteiger partial charge on any atom is -0.352 e. The molecule has 0 aliphatic heterocycles. The van der Waals surface area contributed by atoms with E-state index in [0.717, 1.165) is 29.5 Å². The highest BCUT2D eigenvalue weighted by atomic mass is 127. The second-order valence-electron chi connectivity index (χ2n) is 4.89. The third-order valence-electron chi connectivity index (χ3n) is 3.31. The second-order valence-corrected chi connectivity index (χ2v) is 5.93. The summed E-state index contributed by atoms with van der Waals surface area (Å²) in [6.07, 6.45) is 1.51. The maximum absolute atomic E-state index is 4.25. The van der Waals surface area contributed by atoms with Gasteiger partial charge in [-0.25, -0.2) is 4.98 Å². The lowest BCUT2D eigenvalue weighted by Gasteiger charge is -2.11. The van der Waals surface area contributed by atoms with Crippen molar-refractivity contribution in [3.05, 3.63) is 58.5 Å². The predicted molar refractivity (Wildman–Crippen MR) is 109 cm³/mol. The number of nitrogens with one attached hydrogen (secondary N) is 3. The van der Waals surface area contributed by atoms with Crippen LogP contribution in [0.2, 0.25) is 0 Å². The number of nitrogens with zero attached hydrogens (tertiary/aromatic N) is 3. The van der Waals surface area contributed by atoms with Crippen LogP contribution in [0.5, 0.6) is 0 Å². The Morgan fingerprint density at radius 2 is 2.08 bits per heavy atom. The largest absolute Gasteiger partial charge is 0.352 e. The minimum absolute atomic E-state index is 0. The fourth-order valence-electron chi connectivity index (χ4n) is 2.16. The van der Waals surface area contributed by atoms with E-state index < -0.39 is 0 Å². The lowest BCUT2D eigenvalue weighted by Crippen LogP contribution is -2.36. The molecule has 0 saturated carbocycles. The number of aliphatic imine (C=N–C) groups is 1. The van der Waals surface area contributed by atoms with Gasteiger partial charge in [0.1, 0.15) is 6.33 Å². The van der Waals surface area contributed by atoms with E-state index in [-0.39, 0.29) is 24.0 Å². The molecule has 0 spiro atoms. The number of rotatable bonds is 5. The van der Waals surface area contributed by atoms with Crippen LogP contribution in [0.15, 0.2) is 53.1 Å². The van der Waals surface area contributed by atoms with Gasteiger partial charge in [0, 0.05) is 24.0 Å². The van der Waals surface area contributed by atoms with E-state index in [1.165, 1.54) is 11.2 Å². The molecule has 3 aromatic rings. The maximum Gasteiger partial charge on any atom is 0.191 e. The van der Waals surface area contributed by atoms with Crippen molar-refractivity contribution in [1.29, 1.82) is 0 Å². The Bertz CT molecular complexity index is 755. The van der Waals surface area contributed by atoms with Crippen molar-refractivity contribution in [2.24, 2.45) is 4.99 Å². The molecule has 0 radical (unpaired) electrons. The number of thiophene rings is 1. The highest BCUT2D eigenvalue weighted by molar-refractivity contribution is 14.0. The molecule has 126 valence electrons. The maximum atomic E-state index is 4.25. The van der Waals surface area contributed by atoms with Crippen LogP contribution in [0.4, 0.5) is 0 Å². The lowest BCUT2D eigenvalue weighted by atomic mass is 10.1. The molecular formula is C16H19IN6S. The molecule has 0 amide bonds. The molecule has 0 saturated heterocycles. The minimum atomic E-state index is 0. The smallest absolute Gasteiger partial charge is 0.191 e. The predicted octanol–water partition coefficient (Wildman–Crippen LogP) is 3.02. The molecule has 3 rings (SSSR count). The van der Waals surface area contributed by atoms with Gasteiger partial charge in [0.2, 0.25) is 0 Å². The van der Waals surface area contributed by atoms with Crippen molar-refractivity contribution in [2.45, 2.75) is 13.1 Å². The highest BCUT2D eigenvalue weighted by Crippen LogP contribution is 2.15. The van der Waals surface area contributed by atoms with Gasteiger partial charge < -0.3 is 10.6 Å². The molecule has 2 aromatic heterocycles. The molecule has 3 N–H and O–H groups in total. The van der Waals surface area contributed by atoms with Crippen LogP contribution < -0.4 is 10.6 Å². The lowest BCUT2D eigenvalue weighted by molar-refractivity contribution is 0.815. The van der Waals surface area contributed by atoms with Gasteiger partial charge in [-0.1, -0.05) is 24.3 Å². The Morgan fingerprint density at radius 3 is 2.79 bits per heavy atom. The summed E-state index contributed by atoms with van der Waals surface area (Å²) in [5, 5.41) is 15.5. The highest BCUT2D eigenvalue weighted by Gasteiger charge is 2.03. The third-order valence-corrected chi connectivity index (χ3v) is 4.19. The summed E-state index contributed by atoms with van der Waals surface area (Å²) in [6.45, 7) is 1.46. The second kappa shape index (κ2) is 9.38. The number of guanidine groups is 1. The Hall–Kier alpha value is -1.94. The van der Waals surface area contributed by atoms with E-state index in [1.807, 2.05) is 18.2 Å². The zero-order valence-electron chi connectivity index (χ0n) is 13.2. The molecule has 0 atom stereocenters. The standard InChI is InChI=1S/C16H18N6S.HI/c1-17-16(19-10-14-6-3-7-23-14)18-9-12-4-2-5-13(8-12)15-20-11-21-22-15;/h2-8,11H,9-10H2,1H3,(H2,17,18,19)(H,20,21,22);1H. The number of benzene rings is 1. The van der Waals surface area contributed by atoms with Crippen molar-refractivity contribution < 1.29 is 0 Å². The molecule has 2 heterocycles. The first-order valence-electron chi connectivity index (χ1n) is 7.27. The van der Waals surface area contributed by atoms with Crippen LogP contribution in [0.1, 0.15) is 10.4 Å². The molecule has 0 fully saturated rings. The molecule has 1 aromatic carbocycles. The van der Waals surface area contributed by atoms with E-state index >= 15 is 0 Å². The van der Waals surface area contributed by atoms with Gasteiger partial charge in [-0.2, -0.15) is 5.10 Å². The summed E-state index contributed by atoms with van der Waals surface area (Å²) in [5.74, 6) is 1.55. The average molecular weight is 454 g/mol. The van der Waals surface area contributed by atoms with Gasteiger partial charge in [0.15, 0.2) is 11.8 Å². The molecule has 6 nitrogen and oxygen atoms in total. The Balaban J connectivity index is 0.00000208. The van der Waals surface area contributed by atoms with E-state index in [2.05, 4.69) is 54.4 Å². The Labute approximate surface area is 161 Å². The Morgan fingerprint density at radius 1 is 1.21 bits per heavy atom. The molecule has 0 unspecified atom stereocenters. The first-order valence-corrected chi connectivity index (χ1v) is 8.14. The van der Waals surface area contributed by atoms with Crippen LogP contribution in [0.3, 0.4) is 0 Å². The monoisotopic (exact) mass is 454 g/mol. The van der Waals surface area contributed by atoms with Gasteiger partial charge in [-0.3, -0.25) is 10.1 Å². The van der Waals surface area contributed by atoms with E-state index in [4.69, 9.17) is 0 Å². The molecule has 0 aliphatic rings. The van der Waals surface area contributed by atoms with Crippen molar-refractivity contribution in [1.82, 2.24) is 25.8 Å². The van der Waals surface area contributed by atoms with Crippen LogP contribution >= 0.6 is 35.3 Å². The van der Waals surface area contributed by atoms with Gasteiger partial charge >= 0.3 is 0 Å². The normalized spacial score (nSPS) is 11.0. The van der Waals surface area contributed by atoms with Crippen LogP contribution in [0, 0.1) is 0 Å². The molecular weight excluding hydrogens is 435 g/mol. The SMILES string of the molecule is CN=C(NCc1cccc(-c2ncn[nH]2)c1)NCc1cccs1.I. The number of aromatic amines is 1. The number of aromatic nitrogens is 3. The van der Waals surface area contributed by atoms with E-state index in [9.17, 15) is 0 Å². The van der Waals surface area contributed by atoms with Gasteiger partial charge in [0.05, 0.1) is 6.54 Å². The number of halogens is 1. The summed E-state index contributed by atoms with van der Waals surface area (Å²) >= 11 is 1.73. The molecule has 0 bridgehead atoms. The van der Waals surface area contributed by atoms with Crippen molar-refractivity contribution in [3.8, 4) is 11.4 Å². The fourth-order valence-corrected chi connectivity index (χ4v) is 2.81. The summed E-state index contributed by atoms with van der Waals surface area (Å²) in [6, 6.07) is 12.3. The van der Waals surface area contributed by atoms with E-state index in [1.54, 1.807) is 18.4 Å². The Kier molecular flexibility index (Phi) is 7.19. The van der Waals surface area contributed by atoms with Crippen molar-refractivity contribution >= 4 is 41.3 Å². The summed E-state index contributed by atoms with van der Waals surface area (Å²) in [4.78, 5) is 9.70. The first-order chi connectivity index (χ1) is 11.3. The first kappa shape index (κ1) is 18.4. The van der Waals surface area contributed by atoms with Crippen LogP contribution in [-0.4, -0.2) is 28.2 Å². The zero-order valence-corrected chi connectivity index (χ0v) is 16.3. The van der Waals surface area contributed by atoms with Crippen molar-refractivity contribution in [3.63, 3.8) is 0 Å². The quantitative estimate of drug-likeness (QED) is 0.315. The summed E-state index contributed by atoms with van der Waals surface area (Å²) < 4.78 is 0. The van der Waals surface area contributed by atoms with Gasteiger partial charge in [-0.15, -0.1) is 35.3 Å². The number of hydrogen-bond donors (Lipinski definition) is 3. The zero-order chi connectivity index (χ0) is 15.9. The summed E-state index contributed by atoms with van der Waals surface area (Å²) in [7, 11) is 1.77. The summed E-state index contributed by atoms with van der Waals surface area (Å²) in [5.41, 5.74) is 2.17. The number of H-pyrrole nitrogens is 1.